The highest BCUT2D eigenvalue weighted by molar-refractivity contribution is 5.89. The smallest absolute Gasteiger partial charge is 0.164 e. The van der Waals surface area contributed by atoms with Crippen LogP contribution in [-0.2, 0) is 4.74 Å². The number of nitrogens with two attached hydrogens (primary N) is 1. The van der Waals surface area contributed by atoms with Crippen molar-refractivity contribution in [3.8, 4) is 11.4 Å². The molecule has 0 spiro atoms. The topological polar surface area (TPSA) is 120 Å². The number of aromatic nitrogens is 6. The van der Waals surface area contributed by atoms with E-state index in [0.717, 1.165) is 37.3 Å². The molecule has 1 saturated heterocycles. The van der Waals surface area contributed by atoms with Crippen molar-refractivity contribution >= 4 is 28.2 Å². The van der Waals surface area contributed by atoms with Gasteiger partial charge in [-0.15, -0.1) is 0 Å². The van der Waals surface area contributed by atoms with Crippen molar-refractivity contribution in [3.63, 3.8) is 0 Å². The number of anilines is 3. The summed E-state index contributed by atoms with van der Waals surface area (Å²) in [4.78, 5) is 9.27. The van der Waals surface area contributed by atoms with Crippen molar-refractivity contribution in [1.29, 1.82) is 0 Å². The van der Waals surface area contributed by atoms with Crippen LogP contribution in [0.25, 0.3) is 22.4 Å². The zero-order chi connectivity index (χ0) is 18.9. The maximum Gasteiger partial charge on any atom is 0.164 e. The number of hydrogen-bond donors (Lipinski definition) is 3. The number of hydrogen-bond acceptors (Lipinski definition) is 7. The minimum absolute atomic E-state index is 0.361. The number of para-hydroxylation sites is 1. The highest BCUT2D eigenvalue weighted by atomic mass is 16.5. The molecule has 0 saturated carbocycles. The maximum atomic E-state index is 6.11. The quantitative estimate of drug-likeness (QED) is 0.468. The Bertz CT molecular complexity index is 1110. The lowest BCUT2D eigenvalue weighted by Crippen LogP contribution is -2.19. The summed E-state index contributed by atoms with van der Waals surface area (Å²) in [6.45, 7) is 1.55. The van der Waals surface area contributed by atoms with Gasteiger partial charge in [-0.05, 0) is 25.0 Å². The summed E-state index contributed by atoms with van der Waals surface area (Å²) in [5, 5.41) is 15.0. The molecule has 4 heterocycles. The van der Waals surface area contributed by atoms with Crippen LogP contribution in [0.15, 0.2) is 42.9 Å². The standard InChI is InChI=1S/C19H20N8O/c20-15-4-2-1-3-14(15)18-24-16-10-21-26-17(16)19(25-18)23-12-9-22-27(11-12)13-5-7-28-8-6-13/h1-4,9-11,13H,5-8,20H2,(H,21,26)(H,23,24,25). The van der Waals surface area contributed by atoms with E-state index in [9.17, 15) is 0 Å². The number of nitrogens with zero attached hydrogens (tertiary/aromatic N) is 5. The minimum atomic E-state index is 0.361. The fourth-order valence-electron chi connectivity index (χ4n) is 3.44. The van der Waals surface area contributed by atoms with Gasteiger partial charge in [-0.2, -0.15) is 10.2 Å². The third-order valence-electron chi connectivity index (χ3n) is 4.92. The SMILES string of the molecule is Nc1ccccc1-c1nc(Nc2cnn(C3CCOCC3)c2)c2n[nH]cc2n1. The molecule has 1 aliphatic heterocycles. The Morgan fingerprint density at radius 3 is 2.89 bits per heavy atom. The van der Waals surface area contributed by atoms with Crippen molar-refractivity contribution in [2.24, 2.45) is 0 Å². The molecule has 28 heavy (non-hydrogen) atoms. The average Bonchev–Trinajstić information content (AvgIpc) is 3.38. The Hall–Kier alpha value is -3.46. The largest absolute Gasteiger partial charge is 0.398 e. The molecule has 9 nitrogen and oxygen atoms in total. The van der Waals surface area contributed by atoms with Gasteiger partial charge in [0.2, 0.25) is 0 Å². The molecule has 1 aromatic carbocycles. The van der Waals surface area contributed by atoms with Crippen molar-refractivity contribution in [3.05, 3.63) is 42.9 Å². The van der Waals surface area contributed by atoms with Crippen LogP contribution in [0.3, 0.4) is 0 Å². The van der Waals surface area contributed by atoms with Gasteiger partial charge in [-0.3, -0.25) is 9.78 Å². The lowest BCUT2D eigenvalue weighted by atomic mass is 10.1. The zero-order valence-electron chi connectivity index (χ0n) is 15.2. The number of nitrogens with one attached hydrogen (secondary N) is 2. The van der Waals surface area contributed by atoms with E-state index in [4.69, 9.17) is 10.5 Å². The third-order valence-corrected chi connectivity index (χ3v) is 4.92. The number of ether oxygens (including phenoxy) is 1. The molecule has 0 aliphatic carbocycles. The van der Waals surface area contributed by atoms with Crippen LogP contribution in [0.5, 0.6) is 0 Å². The number of fused-ring (bicyclic) bond motifs is 1. The Morgan fingerprint density at radius 1 is 1.18 bits per heavy atom. The third kappa shape index (κ3) is 3.05. The molecule has 0 atom stereocenters. The number of benzene rings is 1. The number of H-pyrrole nitrogens is 1. The van der Waals surface area contributed by atoms with Gasteiger partial charge in [0.25, 0.3) is 0 Å². The van der Waals surface area contributed by atoms with Gasteiger partial charge >= 0.3 is 0 Å². The highest BCUT2D eigenvalue weighted by Gasteiger charge is 2.18. The lowest BCUT2D eigenvalue weighted by molar-refractivity contribution is 0.0662. The molecule has 0 radical (unpaired) electrons. The van der Waals surface area contributed by atoms with E-state index < -0.39 is 0 Å². The first kappa shape index (κ1) is 16.7. The molecule has 1 aliphatic rings. The van der Waals surface area contributed by atoms with E-state index in [0.29, 0.717) is 34.4 Å². The Morgan fingerprint density at radius 2 is 2.04 bits per heavy atom. The van der Waals surface area contributed by atoms with Crippen molar-refractivity contribution < 1.29 is 4.74 Å². The molecule has 4 aromatic rings. The van der Waals surface area contributed by atoms with Crippen molar-refractivity contribution in [1.82, 2.24) is 29.9 Å². The molecule has 1 fully saturated rings. The predicted octanol–water partition coefficient (Wildman–Crippen LogP) is 2.89. The molecule has 0 unspecified atom stereocenters. The van der Waals surface area contributed by atoms with Gasteiger partial charge in [-0.1, -0.05) is 12.1 Å². The molecule has 0 bridgehead atoms. The van der Waals surface area contributed by atoms with Crippen LogP contribution in [-0.4, -0.2) is 43.2 Å². The number of nitrogen functional groups attached to an aromatic ring is 1. The average molecular weight is 376 g/mol. The first-order valence-corrected chi connectivity index (χ1v) is 9.23. The van der Waals surface area contributed by atoms with Crippen LogP contribution in [0.1, 0.15) is 18.9 Å². The van der Waals surface area contributed by atoms with E-state index in [2.05, 4.69) is 30.6 Å². The molecule has 9 heteroatoms. The van der Waals surface area contributed by atoms with Gasteiger partial charge in [-0.25, -0.2) is 9.97 Å². The minimum Gasteiger partial charge on any atom is -0.398 e. The fourth-order valence-corrected chi connectivity index (χ4v) is 3.44. The Labute approximate surface area is 160 Å². The van der Waals surface area contributed by atoms with E-state index in [1.807, 2.05) is 35.1 Å². The molecule has 0 amide bonds. The first-order valence-electron chi connectivity index (χ1n) is 9.23. The normalized spacial score (nSPS) is 15.1. The van der Waals surface area contributed by atoms with Gasteiger partial charge in [0, 0.05) is 36.9 Å². The second-order valence-corrected chi connectivity index (χ2v) is 6.78. The lowest BCUT2D eigenvalue weighted by Gasteiger charge is -2.22. The van der Waals surface area contributed by atoms with Gasteiger partial charge in [0.15, 0.2) is 17.2 Å². The zero-order valence-corrected chi connectivity index (χ0v) is 15.2. The van der Waals surface area contributed by atoms with Gasteiger partial charge in [0.05, 0.1) is 17.9 Å². The summed E-state index contributed by atoms with van der Waals surface area (Å²) in [5.41, 5.74) is 9.75. The van der Waals surface area contributed by atoms with Crippen LogP contribution in [0.2, 0.25) is 0 Å². The molecular weight excluding hydrogens is 356 g/mol. The second kappa shape index (κ2) is 6.93. The number of rotatable bonds is 4. The van der Waals surface area contributed by atoms with Crippen LogP contribution in [0.4, 0.5) is 17.2 Å². The van der Waals surface area contributed by atoms with Crippen molar-refractivity contribution in [2.75, 3.05) is 24.3 Å². The summed E-state index contributed by atoms with van der Waals surface area (Å²) in [5.74, 6) is 1.15. The van der Waals surface area contributed by atoms with E-state index in [1.54, 1.807) is 12.4 Å². The molecule has 3 aromatic heterocycles. The van der Waals surface area contributed by atoms with E-state index >= 15 is 0 Å². The van der Waals surface area contributed by atoms with Crippen LogP contribution < -0.4 is 11.1 Å². The van der Waals surface area contributed by atoms with Crippen LogP contribution >= 0.6 is 0 Å². The van der Waals surface area contributed by atoms with Gasteiger partial charge in [0.1, 0.15) is 5.52 Å². The summed E-state index contributed by atoms with van der Waals surface area (Å²) in [6.07, 6.45) is 7.47. The van der Waals surface area contributed by atoms with Crippen molar-refractivity contribution in [2.45, 2.75) is 18.9 Å². The summed E-state index contributed by atoms with van der Waals surface area (Å²) < 4.78 is 7.42. The van der Waals surface area contributed by atoms with Crippen LogP contribution in [0, 0.1) is 0 Å². The maximum absolute atomic E-state index is 6.11. The molecular formula is C19H20N8O. The highest BCUT2D eigenvalue weighted by Crippen LogP contribution is 2.29. The van der Waals surface area contributed by atoms with E-state index in [-0.39, 0.29) is 0 Å². The predicted molar refractivity (Wildman–Crippen MR) is 106 cm³/mol. The molecule has 4 N–H and O–H groups in total. The molecule has 142 valence electrons. The number of aromatic amines is 1. The summed E-state index contributed by atoms with van der Waals surface area (Å²) >= 11 is 0. The van der Waals surface area contributed by atoms with Gasteiger partial charge < -0.3 is 15.8 Å². The second-order valence-electron chi connectivity index (χ2n) is 6.78. The van der Waals surface area contributed by atoms with E-state index in [1.165, 1.54) is 0 Å². The first-order chi connectivity index (χ1) is 13.8. The Kier molecular flexibility index (Phi) is 4.13. The summed E-state index contributed by atoms with van der Waals surface area (Å²) in [7, 11) is 0. The summed E-state index contributed by atoms with van der Waals surface area (Å²) in [6, 6.07) is 7.91. The molecule has 5 rings (SSSR count). The monoisotopic (exact) mass is 376 g/mol. The fraction of sp³-hybridized carbons (Fsp3) is 0.263. The Balaban J connectivity index is 1.50.